The van der Waals surface area contributed by atoms with Crippen LogP contribution in [0.5, 0.6) is 5.75 Å². The summed E-state index contributed by atoms with van der Waals surface area (Å²) in [6.45, 7) is -0.187. The molecule has 0 bridgehead atoms. The highest BCUT2D eigenvalue weighted by Crippen LogP contribution is 2.41. The van der Waals surface area contributed by atoms with E-state index in [-0.39, 0.29) is 29.0 Å². The predicted molar refractivity (Wildman–Crippen MR) is 64.0 cm³/mol. The van der Waals surface area contributed by atoms with Crippen LogP contribution in [0.15, 0.2) is 16.6 Å². The first-order chi connectivity index (χ1) is 7.29. The smallest absolute Gasteiger partial charge is 0.416 e. The van der Waals surface area contributed by atoms with Crippen molar-refractivity contribution in [3.05, 3.63) is 27.7 Å². The van der Waals surface area contributed by atoms with E-state index in [9.17, 15) is 18.3 Å². The lowest BCUT2D eigenvalue weighted by atomic mass is 9.99. The molecule has 0 saturated heterocycles. The summed E-state index contributed by atoms with van der Waals surface area (Å²) in [4.78, 5) is 0. The molecule has 0 saturated carbocycles. The van der Waals surface area contributed by atoms with E-state index in [2.05, 4.69) is 15.9 Å². The summed E-state index contributed by atoms with van der Waals surface area (Å²) in [5.74, 6) is -0.521. The van der Waals surface area contributed by atoms with Crippen LogP contribution >= 0.6 is 28.3 Å². The average Bonchev–Trinajstić information content (AvgIpc) is 2.19. The largest absolute Gasteiger partial charge is 0.506 e. The van der Waals surface area contributed by atoms with Crippen LogP contribution in [-0.4, -0.2) is 11.7 Å². The second-order valence-corrected chi connectivity index (χ2v) is 4.05. The van der Waals surface area contributed by atoms with E-state index in [1.54, 1.807) is 0 Å². The summed E-state index contributed by atoms with van der Waals surface area (Å²) in [7, 11) is 0. The Morgan fingerprint density at radius 1 is 1.35 bits per heavy atom. The highest BCUT2D eigenvalue weighted by molar-refractivity contribution is 9.10. The number of nitrogens with two attached hydrogens (primary N) is 2. The zero-order valence-electron chi connectivity index (χ0n) is 8.46. The Morgan fingerprint density at radius 3 is 2.29 bits per heavy atom. The molecule has 1 rings (SSSR count). The molecule has 5 N–H and O–H groups in total. The number of benzene rings is 1. The minimum Gasteiger partial charge on any atom is -0.506 e. The molecule has 3 nitrogen and oxygen atoms in total. The van der Waals surface area contributed by atoms with Gasteiger partial charge >= 0.3 is 6.18 Å². The molecule has 0 aliphatic heterocycles. The summed E-state index contributed by atoms with van der Waals surface area (Å²) in [6, 6.07) is 0.911. The average molecular weight is 336 g/mol. The van der Waals surface area contributed by atoms with Crippen molar-refractivity contribution in [2.75, 3.05) is 6.54 Å². The second kappa shape index (κ2) is 5.90. The van der Waals surface area contributed by atoms with Crippen LogP contribution in [-0.2, 0) is 6.18 Å². The third-order valence-electron chi connectivity index (χ3n) is 2.10. The minimum absolute atomic E-state index is 0. The molecular weight excluding hydrogens is 324 g/mol. The number of alkyl halides is 3. The van der Waals surface area contributed by atoms with Crippen LogP contribution < -0.4 is 11.5 Å². The fourth-order valence-corrected chi connectivity index (χ4v) is 1.67. The van der Waals surface area contributed by atoms with Crippen LogP contribution in [0.3, 0.4) is 0 Å². The monoisotopic (exact) mass is 334 g/mol. The third kappa shape index (κ3) is 3.48. The van der Waals surface area contributed by atoms with Gasteiger partial charge in [0.15, 0.2) is 0 Å². The molecule has 98 valence electrons. The highest BCUT2D eigenvalue weighted by atomic mass is 79.9. The van der Waals surface area contributed by atoms with Gasteiger partial charge in [0.25, 0.3) is 0 Å². The molecule has 8 heteroatoms. The zero-order chi connectivity index (χ0) is 12.5. The first kappa shape index (κ1) is 16.5. The van der Waals surface area contributed by atoms with Gasteiger partial charge in [-0.3, -0.25) is 0 Å². The van der Waals surface area contributed by atoms with Gasteiger partial charge in [0.05, 0.1) is 10.0 Å². The molecule has 0 unspecified atom stereocenters. The number of hydrogen-bond donors (Lipinski definition) is 3. The molecule has 0 amide bonds. The normalized spacial score (nSPS) is 13.1. The van der Waals surface area contributed by atoms with Gasteiger partial charge in [-0.15, -0.1) is 12.4 Å². The fourth-order valence-electron chi connectivity index (χ4n) is 1.32. The van der Waals surface area contributed by atoms with Crippen molar-refractivity contribution in [2.24, 2.45) is 11.5 Å². The Balaban J connectivity index is 0.00000256. The number of halogens is 5. The molecule has 0 aromatic heterocycles. The molecule has 17 heavy (non-hydrogen) atoms. The van der Waals surface area contributed by atoms with Crippen LogP contribution in [0.4, 0.5) is 13.2 Å². The summed E-state index contributed by atoms with van der Waals surface area (Å²) in [6.07, 6.45) is -4.57. The Kier molecular flexibility index (Phi) is 5.73. The summed E-state index contributed by atoms with van der Waals surface area (Å²) < 4.78 is 38.1. The van der Waals surface area contributed by atoms with E-state index < -0.39 is 23.5 Å². The standard InChI is InChI=1S/C9H10BrF3N2O.ClH/c10-5-2-1-4(9(11,12)13)7(8(5)16)6(15)3-14;/h1-2,6,16H,3,14-15H2;1H/t6-;/m1./s1. The van der Waals surface area contributed by atoms with Gasteiger partial charge in [-0.05, 0) is 28.1 Å². The lowest BCUT2D eigenvalue weighted by Gasteiger charge is -2.19. The van der Waals surface area contributed by atoms with E-state index in [1.807, 2.05) is 0 Å². The molecule has 0 aliphatic rings. The quantitative estimate of drug-likeness (QED) is 0.778. The molecule has 1 aromatic carbocycles. The minimum atomic E-state index is -4.57. The third-order valence-corrected chi connectivity index (χ3v) is 2.74. The fraction of sp³-hybridized carbons (Fsp3) is 0.333. The molecule has 0 fully saturated rings. The van der Waals surface area contributed by atoms with E-state index in [1.165, 1.54) is 0 Å². The van der Waals surface area contributed by atoms with E-state index >= 15 is 0 Å². The Bertz CT molecular complexity index is 401. The maximum atomic E-state index is 12.6. The predicted octanol–water partition coefficient (Wildman–Crippen LogP) is 2.55. The van der Waals surface area contributed by atoms with Crippen molar-refractivity contribution < 1.29 is 18.3 Å². The van der Waals surface area contributed by atoms with Crippen LogP contribution in [0, 0.1) is 0 Å². The van der Waals surface area contributed by atoms with E-state index in [0.29, 0.717) is 0 Å². The number of rotatable bonds is 2. The number of phenolic OH excluding ortho intramolecular Hbond substituents is 1. The Labute approximate surface area is 111 Å². The lowest BCUT2D eigenvalue weighted by Crippen LogP contribution is -2.24. The first-order valence-electron chi connectivity index (χ1n) is 4.33. The molecule has 1 aromatic rings. The molecule has 0 heterocycles. The molecular formula is C9H11BrClF3N2O. The lowest BCUT2D eigenvalue weighted by molar-refractivity contribution is -0.138. The second-order valence-electron chi connectivity index (χ2n) is 3.20. The van der Waals surface area contributed by atoms with Crippen LogP contribution in [0.25, 0.3) is 0 Å². The molecule has 1 atom stereocenters. The van der Waals surface area contributed by atoms with Crippen molar-refractivity contribution in [3.8, 4) is 5.75 Å². The van der Waals surface area contributed by atoms with Gasteiger partial charge in [-0.1, -0.05) is 0 Å². The molecule has 0 radical (unpaired) electrons. The number of aromatic hydroxyl groups is 1. The van der Waals surface area contributed by atoms with Gasteiger partial charge in [-0.2, -0.15) is 13.2 Å². The summed E-state index contributed by atoms with van der Waals surface area (Å²) in [5, 5.41) is 9.56. The zero-order valence-corrected chi connectivity index (χ0v) is 10.9. The first-order valence-corrected chi connectivity index (χ1v) is 5.12. The maximum absolute atomic E-state index is 12.6. The van der Waals surface area contributed by atoms with Crippen LogP contribution in [0.2, 0.25) is 0 Å². The Morgan fingerprint density at radius 2 is 1.88 bits per heavy atom. The van der Waals surface area contributed by atoms with Crippen molar-refractivity contribution in [1.29, 1.82) is 0 Å². The van der Waals surface area contributed by atoms with Gasteiger partial charge in [-0.25, -0.2) is 0 Å². The molecule has 0 aliphatic carbocycles. The van der Waals surface area contributed by atoms with Crippen molar-refractivity contribution >= 4 is 28.3 Å². The SMILES string of the molecule is Cl.NC[C@@H](N)c1c(C(F)(F)F)ccc(Br)c1O. The van der Waals surface area contributed by atoms with Crippen LogP contribution in [0.1, 0.15) is 17.2 Å². The van der Waals surface area contributed by atoms with E-state index in [0.717, 1.165) is 12.1 Å². The topological polar surface area (TPSA) is 72.3 Å². The van der Waals surface area contributed by atoms with Gasteiger partial charge < -0.3 is 16.6 Å². The maximum Gasteiger partial charge on any atom is 0.416 e. The van der Waals surface area contributed by atoms with Gasteiger partial charge in [0.1, 0.15) is 5.75 Å². The number of phenols is 1. The van der Waals surface area contributed by atoms with Gasteiger partial charge in [0.2, 0.25) is 0 Å². The summed E-state index contributed by atoms with van der Waals surface area (Å²) in [5.41, 5.74) is 9.32. The molecule has 0 spiro atoms. The summed E-state index contributed by atoms with van der Waals surface area (Å²) >= 11 is 2.93. The Hall–Kier alpha value is -0.500. The van der Waals surface area contributed by atoms with Crippen molar-refractivity contribution in [3.63, 3.8) is 0 Å². The van der Waals surface area contributed by atoms with E-state index in [4.69, 9.17) is 11.5 Å². The van der Waals surface area contributed by atoms with Gasteiger partial charge in [0, 0.05) is 18.2 Å². The number of hydrogen-bond acceptors (Lipinski definition) is 3. The highest BCUT2D eigenvalue weighted by Gasteiger charge is 2.36. The van der Waals surface area contributed by atoms with Crippen molar-refractivity contribution in [1.82, 2.24) is 0 Å². The van der Waals surface area contributed by atoms with Crippen molar-refractivity contribution in [2.45, 2.75) is 12.2 Å².